The molecule has 0 aromatic heterocycles. The largest absolute Gasteiger partial charge is 0.377 e. The Hall–Kier alpha value is -1.39. The van der Waals surface area contributed by atoms with E-state index >= 15 is 0 Å². The Labute approximate surface area is 145 Å². The number of hydrogen-bond acceptors (Lipinski definition) is 3. The molecule has 1 heterocycles. The molecule has 1 saturated heterocycles. The molecule has 1 amide bonds. The lowest BCUT2D eigenvalue weighted by molar-refractivity contribution is -0.124. The minimum atomic E-state index is 0.127. The summed E-state index contributed by atoms with van der Waals surface area (Å²) in [5.41, 5.74) is 1.42. The Bertz CT molecular complexity index is 558. The molecular weight excluding hydrogens is 300 g/mol. The van der Waals surface area contributed by atoms with Crippen LogP contribution in [-0.2, 0) is 16.0 Å². The molecule has 0 unspecified atom stereocenters. The summed E-state index contributed by atoms with van der Waals surface area (Å²) in [7, 11) is 0. The van der Waals surface area contributed by atoms with E-state index in [1.165, 1.54) is 5.56 Å². The highest BCUT2D eigenvalue weighted by Crippen LogP contribution is 2.52. The van der Waals surface area contributed by atoms with E-state index in [-0.39, 0.29) is 17.4 Å². The van der Waals surface area contributed by atoms with Crippen LogP contribution in [-0.4, -0.2) is 37.2 Å². The van der Waals surface area contributed by atoms with E-state index in [1.807, 2.05) is 18.2 Å². The van der Waals surface area contributed by atoms with Crippen molar-refractivity contribution in [2.45, 2.75) is 58.2 Å². The molecule has 132 valence electrons. The molecule has 1 aromatic carbocycles. The molecule has 2 fully saturated rings. The zero-order valence-electron chi connectivity index (χ0n) is 15.0. The van der Waals surface area contributed by atoms with Gasteiger partial charge < -0.3 is 15.4 Å². The third kappa shape index (κ3) is 3.65. The highest BCUT2D eigenvalue weighted by Gasteiger charge is 2.59. The van der Waals surface area contributed by atoms with Crippen molar-refractivity contribution < 1.29 is 9.53 Å². The smallest absolute Gasteiger partial charge is 0.221 e. The Kier molecular flexibility index (Phi) is 5.26. The van der Waals surface area contributed by atoms with Gasteiger partial charge in [-0.3, -0.25) is 4.79 Å². The minimum absolute atomic E-state index is 0.127. The molecular formula is C20H30N2O2. The van der Waals surface area contributed by atoms with Crippen LogP contribution in [0.25, 0.3) is 0 Å². The SMILES string of the molecule is C[C@H](CC(=O)NCCc1ccccc1)N[C@@H]1[C@@H]2CCO[C@H]2C1(C)C. The van der Waals surface area contributed by atoms with Crippen LogP contribution < -0.4 is 10.6 Å². The number of benzene rings is 1. The molecule has 0 spiro atoms. The molecule has 1 aliphatic heterocycles. The fourth-order valence-corrected chi connectivity index (χ4v) is 4.37. The first-order valence-corrected chi connectivity index (χ1v) is 9.17. The van der Waals surface area contributed by atoms with E-state index in [9.17, 15) is 4.79 Å². The third-order valence-electron chi connectivity index (χ3n) is 5.63. The number of fused-ring (bicyclic) bond motifs is 1. The monoisotopic (exact) mass is 330 g/mol. The Morgan fingerprint density at radius 1 is 1.33 bits per heavy atom. The number of carbonyl (C=O) groups excluding carboxylic acids is 1. The summed E-state index contributed by atoms with van der Waals surface area (Å²) in [4.78, 5) is 12.1. The Balaban J connectivity index is 1.38. The summed E-state index contributed by atoms with van der Waals surface area (Å²) >= 11 is 0. The molecule has 4 atom stereocenters. The van der Waals surface area contributed by atoms with Crippen molar-refractivity contribution in [2.75, 3.05) is 13.2 Å². The van der Waals surface area contributed by atoms with Crippen molar-refractivity contribution >= 4 is 5.91 Å². The molecule has 24 heavy (non-hydrogen) atoms. The van der Waals surface area contributed by atoms with Crippen molar-refractivity contribution in [3.05, 3.63) is 35.9 Å². The first kappa shape index (κ1) is 17.4. The highest BCUT2D eigenvalue weighted by molar-refractivity contribution is 5.76. The van der Waals surface area contributed by atoms with E-state index < -0.39 is 0 Å². The number of nitrogens with one attached hydrogen (secondary N) is 2. The average Bonchev–Trinajstić information content (AvgIpc) is 3.01. The lowest BCUT2D eigenvalue weighted by Crippen LogP contribution is -2.67. The fourth-order valence-electron chi connectivity index (χ4n) is 4.37. The van der Waals surface area contributed by atoms with Crippen LogP contribution in [0, 0.1) is 11.3 Å². The first-order valence-electron chi connectivity index (χ1n) is 9.17. The second-order valence-electron chi connectivity index (χ2n) is 7.90. The second kappa shape index (κ2) is 7.24. The molecule has 0 bridgehead atoms. The van der Waals surface area contributed by atoms with Crippen LogP contribution in [0.3, 0.4) is 0 Å². The van der Waals surface area contributed by atoms with Gasteiger partial charge in [0.2, 0.25) is 5.91 Å². The molecule has 2 aliphatic rings. The van der Waals surface area contributed by atoms with Gasteiger partial charge in [0, 0.05) is 43.0 Å². The predicted octanol–water partition coefficient (Wildman–Crippen LogP) is 2.53. The number of rotatable bonds is 7. The Morgan fingerprint density at radius 3 is 2.83 bits per heavy atom. The topological polar surface area (TPSA) is 50.4 Å². The predicted molar refractivity (Wildman–Crippen MR) is 95.8 cm³/mol. The van der Waals surface area contributed by atoms with Crippen molar-refractivity contribution in [1.29, 1.82) is 0 Å². The lowest BCUT2D eigenvalue weighted by atomic mass is 9.57. The lowest BCUT2D eigenvalue weighted by Gasteiger charge is -2.55. The summed E-state index contributed by atoms with van der Waals surface area (Å²) in [6.07, 6.45) is 2.94. The van der Waals surface area contributed by atoms with E-state index in [0.29, 0.717) is 31.0 Å². The van der Waals surface area contributed by atoms with Crippen LogP contribution in [0.2, 0.25) is 0 Å². The van der Waals surface area contributed by atoms with Gasteiger partial charge in [0.15, 0.2) is 0 Å². The van der Waals surface area contributed by atoms with Crippen LogP contribution in [0.5, 0.6) is 0 Å². The fraction of sp³-hybridized carbons (Fsp3) is 0.650. The van der Waals surface area contributed by atoms with Gasteiger partial charge in [-0.25, -0.2) is 0 Å². The van der Waals surface area contributed by atoms with Gasteiger partial charge in [-0.1, -0.05) is 44.2 Å². The minimum Gasteiger partial charge on any atom is -0.377 e. The van der Waals surface area contributed by atoms with Gasteiger partial charge in [-0.05, 0) is 25.3 Å². The molecule has 3 rings (SSSR count). The molecule has 1 aromatic rings. The van der Waals surface area contributed by atoms with Gasteiger partial charge in [0.05, 0.1) is 6.10 Å². The number of carbonyl (C=O) groups is 1. The third-order valence-corrected chi connectivity index (χ3v) is 5.63. The average molecular weight is 330 g/mol. The first-order chi connectivity index (χ1) is 11.5. The summed E-state index contributed by atoms with van der Waals surface area (Å²) in [6.45, 7) is 8.22. The highest BCUT2D eigenvalue weighted by atomic mass is 16.5. The van der Waals surface area contributed by atoms with Crippen molar-refractivity contribution in [3.8, 4) is 0 Å². The summed E-state index contributed by atoms with van der Waals surface area (Å²) in [5, 5.41) is 6.71. The molecule has 0 radical (unpaired) electrons. The zero-order valence-corrected chi connectivity index (χ0v) is 15.0. The van der Waals surface area contributed by atoms with Crippen LogP contribution >= 0.6 is 0 Å². The number of hydrogen-bond donors (Lipinski definition) is 2. The molecule has 4 heteroatoms. The quantitative estimate of drug-likeness (QED) is 0.808. The molecule has 1 aliphatic carbocycles. The van der Waals surface area contributed by atoms with E-state index in [4.69, 9.17) is 4.74 Å². The molecule has 2 N–H and O–H groups in total. The second-order valence-corrected chi connectivity index (χ2v) is 7.90. The maximum absolute atomic E-state index is 12.1. The maximum atomic E-state index is 12.1. The maximum Gasteiger partial charge on any atom is 0.221 e. The number of amides is 1. The van der Waals surface area contributed by atoms with E-state index in [2.05, 4.69) is 43.5 Å². The zero-order chi connectivity index (χ0) is 17.2. The summed E-state index contributed by atoms with van der Waals surface area (Å²) in [5.74, 6) is 0.742. The van der Waals surface area contributed by atoms with Crippen molar-refractivity contribution in [3.63, 3.8) is 0 Å². The van der Waals surface area contributed by atoms with E-state index in [0.717, 1.165) is 19.4 Å². The van der Waals surface area contributed by atoms with Gasteiger partial charge in [-0.15, -0.1) is 0 Å². The van der Waals surface area contributed by atoms with Crippen molar-refractivity contribution in [1.82, 2.24) is 10.6 Å². The summed E-state index contributed by atoms with van der Waals surface area (Å²) in [6, 6.07) is 10.9. The molecule has 1 saturated carbocycles. The van der Waals surface area contributed by atoms with Gasteiger partial charge in [-0.2, -0.15) is 0 Å². The van der Waals surface area contributed by atoms with Gasteiger partial charge in [0.25, 0.3) is 0 Å². The van der Waals surface area contributed by atoms with Crippen LogP contribution in [0.1, 0.15) is 39.2 Å². The van der Waals surface area contributed by atoms with Gasteiger partial charge in [0.1, 0.15) is 0 Å². The van der Waals surface area contributed by atoms with Crippen LogP contribution in [0.4, 0.5) is 0 Å². The molecule has 4 nitrogen and oxygen atoms in total. The van der Waals surface area contributed by atoms with Crippen molar-refractivity contribution in [2.24, 2.45) is 11.3 Å². The summed E-state index contributed by atoms with van der Waals surface area (Å²) < 4.78 is 5.84. The Morgan fingerprint density at radius 2 is 2.08 bits per heavy atom. The normalized spacial score (nSPS) is 28.7. The van der Waals surface area contributed by atoms with Gasteiger partial charge >= 0.3 is 0 Å². The van der Waals surface area contributed by atoms with Crippen LogP contribution in [0.15, 0.2) is 30.3 Å². The van der Waals surface area contributed by atoms with E-state index in [1.54, 1.807) is 0 Å². The standard InChI is InChI=1S/C20H30N2O2/c1-14(22-18-16-10-12-24-19(16)20(18,2)3)13-17(23)21-11-9-15-7-5-4-6-8-15/h4-8,14,16,18-19,22H,9-13H2,1-3H3,(H,21,23)/t14-,16+,18-,19-/m1/s1. The number of ether oxygens (including phenoxy) is 1.